The first-order chi connectivity index (χ1) is 9.06. The average molecular weight is 310 g/mol. The Labute approximate surface area is 118 Å². The molecule has 118 valence electrons. The summed E-state index contributed by atoms with van der Waals surface area (Å²) in [4.78, 5) is 22.9. The molecule has 9 heteroatoms. The van der Waals surface area contributed by atoms with Crippen LogP contribution < -0.4 is 10.0 Å². The maximum atomic E-state index is 12.0. The van der Waals surface area contributed by atoms with E-state index in [2.05, 4.69) is 10.0 Å². The molecule has 0 heterocycles. The van der Waals surface area contributed by atoms with Gasteiger partial charge in [-0.15, -0.1) is 0 Å². The molecular formula is C11H22N2O6S. The number of nitrogens with one attached hydrogen (secondary N) is 2. The number of aliphatic hydroxyl groups excluding tert-OH is 1. The van der Waals surface area contributed by atoms with Crippen LogP contribution in [0.4, 0.5) is 0 Å². The van der Waals surface area contributed by atoms with E-state index in [4.69, 9.17) is 10.2 Å². The van der Waals surface area contributed by atoms with Crippen LogP contribution in [0.15, 0.2) is 0 Å². The van der Waals surface area contributed by atoms with Gasteiger partial charge >= 0.3 is 5.97 Å². The second-order valence-corrected chi connectivity index (χ2v) is 6.76. The molecule has 0 radical (unpaired) electrons. The van der Waals surface area contributed by atoms with E-state index in [1.807, 2.05) is 13.8 Å². The zero-order chi connectivity index (χ0) is 15.9. The molecule has 8 nitrogen and oxygen atoms in total. The van der Waals surface area contributed by atoms with Crippen molar-refractivity contribution in [1.29, 1.82) is 0 Å². The Morgan fingerprint density at radius 3 is 2.10 bits per heavy atom. The molecule has 0 saturated carbocycles. The van der Waals surface area contributed by atoms with E-state index in [9.17, 15) is 18.0 Å². The third-order valence-corrected chi connectivity index (χ3v) is 3.12. The molecule has 0 aromatic rings. The fourth-order valence-corrected chi connectivity index (χ4v) is 2.32. The summed E-state index contributed by atoms with van der Waals surface area (Å²) in [7, 11) is -3.59. The van der Waals surface area contributed by atoms with Gasteiger partial charge in [0.2, 0.25) is 15.9 Å². The van der Waals surface area contributed by atoms with Crippen molar-refractivity contribution in [3.8, 4) is 0 Å². The lowest BCUT2D eigenvalue weighted by molar-refractivity contribution is -0.142. The summed E-state index contributed by atoms with van der Waals surface area (Å²) in [5, 5.41) is 19.8. The van der Waals surface area contributed by atoms with Gasteiger partial charge in [0.15, 0.2) is 0 Å². The van der Waals surface area contributed by atoms with Gasteiger partial charge < -0.3 is 15.5 Å². The highest BCUT2D eigenvalue weighted by Gasteiger charge is 2.27. The number of hydrogen-bond donors (Lipinski definition) is 4. The van der Waals surface area contributed by atoms with Crippen molar-refractivity contribution in [3.05, 3.63) is 0 Å². The van der Waals surface area contributed by atoms with Gasteiger partial charge in [0.1, 0.15) is 12.1 Å². The van der Waals surface area contributed by atoms with E-state index in [-0.39, 0.29) is 18.8 Å². The van der Waals surface area contributed by atoms with Crippen LogP contribution in [-0.2, 0) is 19.6 Å². The second kappa shape index (κ2) is 8.18. The molecule has 0 rings (SSSR count). The Kier molecular flexibility index (Phi) is 7.69. The molecule has 0 aliphatic carbocycles. The number of aliphatic hydroxyl groups is 1. The molecule has 0 spiro atoms. The first-order valence-electron chi connectivity index (χ1n) is 6.18. The summed E-state index contributed by atoms with van der Waals surface area (Å²) in [5.74, 6) is -1.96. The van der Waals surface area contributed by atoms with Gasteiger partial charge in [0.05, 0.1) is 6.26 Å². The lowest BCUT2D eigenvalue weighted by Crippen LogP contribution is -2.52. The van der Waals surface area contributed by atoms with E-state index >= 15 is 0 Å². The predicted octanol–water partition coefficient (Wildman–Crippen LogP) is -1.10. The summed E-state index contributed by atoms with van der Waals surface area (Å²) in [6, 6.07) is -2.28. The Morgan fingerprint density at radius 2 is 1.75 bits per heavy atom. The van der Waals surface area contributed by atoms with Crippen LogP contribution in [0, 0.1) is 5.92 Å². The molecule has 20 heavy (non-hydrogen) atoms. The van der Waals surface area contributed by atoms with Gasteiger partial charge in [0, 0.05) is 13.0 Å². The van der Waals surface area contributed by atoms with Crippen LogP contribution in [0.5, 0.6) is 0 Å². The monoisotopic (exact) mass is 310 g/mol. The van der Waals surface area contributed by atoms with Gasteiger partial charge in [-0.05, 0) is 12.3 Å². The number of carboxylic acids is 1. The number of carbonyl (C=O) groups is 2. The fourth-order valence-electron chi connectivity index (χ4n) is 1.60. The maximum Gasteiger partial charge on any atom is 0.326 e. The third-order valence-electron chi connectivity index (χ3n) is 2.41. The number of carbonyl (C=O) groups excluding carboxylic acids is 1. The molecule has 0 bridgehead atoms. The molecule has 0 aromatic carbocycles. The van der Waals surface area contributed by atoms with E-state index in [0.29, 0.717) is 0 Å². The molecule has 0 saturated heterocycles. The van der Waals surface area contributed by atoms with Crippen LogP contribution in [0.1, 0.15) is 26.7 Å². The molecule has 0 aliphatic heterocycles. The van der Waals surface area contributed by atoms with Gasteiger partial charge in [-0.2, -0.15) is 0 Å². The first kappa shape index (κ1) is 18.8. The van der Waals surface area contributed by atoms with Crippen molar-refractivity contribution in [2.75, 3.05) is 12.9 Å². The molecule has 0 aromatic heterocycles. The van der Waals surface area contributed by atoms with Crippen LogP contribution in [-0.4, -0.2) is 55.5 Å². The predicted molar refractivity (Wildman–Crippen MR) is 72.5 cm³/mol. The summed E-state index contributed by atoms with van der Waals surface area (Å²) < 4.78 is 24.6. The minimum atomic E-state index is -3.59. The minimum absolute atomic E-state index is 0.0427. The molecule has 4 N–H and O–H groups in total. The van der Waals surface area contributed by atoms with Crippen LogP contribution in [0.25, 0.3) is 0 Å². The minimum Gasteiger partial charge on any atom is -0.480 e. The zero-order valence-corrected chi connectivity index (χ0v) is 12.6. The summed E-state index contributed by atoms with van der Waals surface area (Å²) >= 11 is 0. The maximum absolute atomic E-state index is 12.0. The van der Waals surface area contributed by atoms with Crippen molar-refractivity contribution in [3.63, 3.8) is 0 Å². The highest BCUT2D eigenvalue weighted by Crippen LogP contribution is 2.07. The van der Waals surface area contributed by atoms with Crippen molar-refractivity contribution in [1.82, 2.24) is 10.0 Å². The third kappa shape index (κ3) is 8.08. The Hall–Kier alpha value is -1.19. The second-order valence-electron chi connectivity index (χ2n) is 4.98. The van der Waals surface area contributed by atoms with E-state index in [0.717, 1.165) is 6.26 Å². The largest absolute Gasteiger partial charge is 0.480 e. The molecule has 2 atom stereocenters. The Morgan fingerprint density at radius 1 is 1.20 bits per heavy atom. The molecule has 0 fully saturated rings. The quantitative estimate of drug-likeness (QED) is 0.427. The van der Waals surface area contributed by atoms with Crippen molar-refractivity contribution >= 4 is 21.9 Å². The topological polar surface area (TPSA) is 133 Å². The number of amides is 1. The van der Waals surface area contributed by atoms with Crippen molar-refractivity contribution < 1.29 is 28.2 Å². The standard InChI is InChI=1S/C11H22N2O6S/c1-7(2)6-9(13-20(3,18)19)10(15)12-8(4-5-14)11(16)17/h7-9,13-14H,4-6H2,1-3H3,(H,12,15)(H,16,17)/t8-,9?/m1/s1. The zero-order valence-electron chi connectivity index (χ0n) is 11.8. The number of hydrogen-bond acceptors (Lipinski definition) is 5. The lowest BCUT2D eigenvalue weighted by Gasteiger charge is -2.21. The van der Waals surface area contributed by atoms with Crippen LogP contribution >= 0.6 is 0 Å². The SMILES string of the molecule is CC(C)CC(NS(C)(=O)=O)C(=O)N[C@H](CCO)C(=O)O. The highest BCUT2D eigenvalue weighted by atomic mass is 32.2. The summed E-state index contributed by atoms with van der Waals surface area (Å²) in [6.45, 7) is 3.23. The molecule has 0 aliphatic rings. The number of carboxylic acid groups (broad SMARTS) is 1. The first-order valence-corrected chi connectivity index (χ1v) is 8.07. The normalized spacial score (nSPS) is 14.8. The Balaban J connectivity index is 4.89. The lowest BCUT2D eigenvalue weighted by atomic mass is 10.0. The number of sulfonamides is 1. The number of aliphatic carboxylic acids is 1. The van der Waals surface area contributed by atoms with Gasteiger partial charge in [-0.3, -0.25) is 4.79 Å². The van der Waals surface area contributed by atoms with Crippen LogP contribution in [0.2, 0.25) is 0 Å². The number of rotatable bonds is 9. The fraction of sp³-hybridized carbons (Fsp3) is 0.818. The smallest absolute Gasteiger partial charge is 0.326 e. The van der Waals surface area contributed by atoms with E-state index < -0.39 is 40.6 Å². The molecule has 1 unspecified atom stereocenters. The molecule has 1 amide bonds. The van der Waals surface area contributed by atoms with E-state index in [1.165, 1.54) is 0 Å². The van der Waals surface area contributed by atoms with Gasteiger partial charge in [-0.1, -0.05) is 13.8 Å². The van der Waals surface area contributed by atoms with Gasteiger partial charge in [0.25, 0.3) is 0 Å². The summed E-state index contributed by atoms with van der Waals surface area (Å²) in [6.07, 6.45) is 1.02. The van der Waals surface area contributed by atoms with Crippen molar-refractivity contribution in [2.45, 2.75) is 38.8 Å². The highest BCUT2D eigenvalue weighted by molar-refractivity contribution is 7.88. The summed E-state index contributed by atoms with van der Waals surface area (Å²) in [5.41, 5.74) is 0. The van der Waals surface area contributed by atoms with Crippen LogP contribution in [0.3, 0.4) is 0 Å². The Bertz CT molecular complexity index is 434. The average Bonchev–Trinajstić information content (AvgIpc) is 2.24. The van der Waals surface area contributed by atoms with E-state index in [1.54, 1.807) is 0 Å². The molecular weight excluding hydrogens is 288 g/mol. The van der Waals surface area contributed by atoms with Gasteiger partial charge in [-0.25, -0.2) is 17.9 Å². The van der Waals surface area contributed by atoms with Crippen molar-refractivity contribution in [2.24, 2.45) is 5.92 Å².